The molecule has 0 bridgehead atoms. The van der Waals surface area contributed by atoms with Crippen molar-refractivity contribution in [3.05, 3.63) is 35.4 Å². The molecule has 0 aliphatic heterocycles. The number of benzene rings is 1. The van der Waals surface area contributed by atoms with Crippen molar-refractivity contribution in [2.75, 3.05) is 13.1 Å². The van der Waals surface area contributed by atoms with Crippen LogP contribution >= 0.6 is 12.2 Å². The summed E-state index contributed by atoms with van der Waals surface area (Å²) in [5, 5.41) is 0. The minimum Gasteiger partial charge on any atom is -0.392 e. The number of likely N-dealkylation sites (N-methyl/N-ethyl adjacent to an activating group) is 1. The van der Waals surface area contributed by atoms with Gasteiger partial charge in [0.05, 0.1) is 18.0 Å². The number of amides is 1. The van der Waals surface area contributed by atoms with Gasteiger partial charge >= 0.3 is 0 Å². The molecule has 0 saturated carbocycles. The van der Waals surface area contributed by atoms with E-state index in [2.05, 4.69) is 0 Å². The normalized spacial score (nSPS) is 10.2. The molecule has 98 valence electrons. The summed E-state index contributed by atoms with van der Waals surface area (Å²) in [6.45, 7) is 2.31. The predicted octanol–water partition coefficient (Wildman–Crippen LogP) is 1.64. The van der Waals surface area contributed by atoms with Crippen LogP contribution in [-0.4, -0.2) is 28.9 Å². The minimum atomic E-state index is -0.989. The molecule has 0 radical (unpaired) electrons. The molecule has 0 saturated heterocycles. The van der Waals surface area contributed by atoms with Crippen molar-refractivity contribution in [1.82, 2.24) is 4.90 Å². The first-order valence-electron chi connectivity index (χ1n) is 5.44. The fourth-order valence-corrected chi connectivity index (χ4v) is 1.68. The van der Waals surface area contributed by atoms with Gasteiger partial charge in [0.15, 0.2) is 11.6 Å². The molecule has 1 aromatic rings. The van der Waals surface area contributed by atoms with Crippen molar-refractivity contribution < 1.29 is 13.6 Å². The Morgan fingerprint density at radius 3 is 2.67 bits per heavy atom. The number of rotatable bonds is 5. The van der Waals surface area contributed by atoms with Gasteiger partial charge in [-0.1, -0.05) is 24.4 Å². The van der Waals surface area contributed by atoms with Gasteiger partial charge in [0, 0.05) is 12.1 Å². The maximum absolute atomic E-state index is 13.4. The Labute approximate surface area is 110 Å². The van der Waals surface area contributed by atoms with Gasteiger partial charge in [0.2, 0.25) is 5.91 Å². The van der Waals surface area contributed by atoms with Crippen LogP contribution in [0.4, 0.5) is 8.78 Å². The molecular formula is C12H14F2N2OS. The largest absolute Gasteiger partial charge is 0.392 e. The molecule has 1 amide bonds. The zero-order chi connectivity index (χ0) is 13.7. The first-order valence-corrected chi connectivity index (χ1v) is 5.85. The van der Waals surface area contributed by atoms with E-state index in [1.165, 1.54) is 17.0 Å². The SMILES string of the molecule is CCN(CC(N)=S)C(=O)Cc1cccc(F)c1F. The zero-order valence-corrected chi connectivity index (χ0v) is 10.8. The summed E-state index contributed by atoms with van der Waals surface area (Å²) in [4.78, 5) is 13.4. The maximum atomic E-state index is 13.4. The lowest BCUT2D eigenvalue weighted by Crippen LogP contribution is -2.38. The van der Waals surface area contributed by atoms with Crippen LogP contribution in [0.1, 0.15) is 12.5 Å². The van der Waals surface area contributed by atoms with Crippen LogP contribution in [0.3, 0.4) is 0 Å². The highest BCUT2D eigenvalue weighted by Crippen LogP contribution is 2.12. The van der Waals surface area contributed by atoms with Crippen molar-refractivity contribution in [2.24, 2.45) is 5.73 Å². The second-order valence-corrected chi connectivity index (χ2v) is 4.29. The maximum Gasteiger partial charge on any atom is 0.227 e. The summed E-state index contributed by atoms with van der Waals surface area (Å²) in [7, 11) is 0. The van der Waals surface area contributed by atoms with Crippen molar-refractivity contribution in [1.29, 1.82) is 0 Å². The summed E-state index contributed by atoms with van der Waals surface area (Å²) >= 11 is 4.72. The van der Waals surface area contributed by atoms with Gasteiger partial charge < -0.3 is 10.6 Å². The van der Waals surface area contributed by atoms with E-state index in [0.29, 0.717) is 6.54 Å². The molecule has 3 nitrogen and oxygen atoms in total. The molecule has 18 heavy (non-hydrogen) atoms. The molecule has 0 aliphatic carbocycles. The molecule has 0 fully saturated rings. The Morgan fingerprint density at radius 1 is 1.44 bits per heavy atom. The van der Waals surface area contributed by atoms with Crippen LogP contribution < -0.4 is 5.73 Å². The number of thiocarbonyl (C=S) groups is 1. The third-order valence-corrected chi connectivity index (χ3v) is 2.58. The fraction of sp³-hybridized carbons (Fsp3) is 0.333. The highest BCUT2D eigenvalue weighted by molar-refractivity contribution is 7.80. The number of nitrogens with two attached hydrogens (primary N) is 1. The number of nitrogens with zero attached hydrogens (tertiary/aromatic N) is 1. The van der Waals surface area contributed by atoms with E-state index < -0.39 is 11.6 Å². The molecule has 2 N–H and O–H groups in total. The highest BCUT2D eigenvalue weighted by Gasteiger charge is 2.16. The Bertz CT molecular complexity index is 465. The van der Waals surface area contributed by atoms with Gasteiger partial charge in [-0.3, -0.25) is 4.79 Å². The third kappa shape index (κ3) is 3.73. The van der Waals surface area contributed by atoms with Crippen LogP contribution in [0.2, 0.25) is 0 Å². The first-order chi connectivity index (χ1) is 8.45. The van der Waals surface area contributed by atoms with Gasteiger partial charge in [0.25, 0.3) is 0 Å². The van der Waals surface area contributed by atoms with Crippen molar-refractivity contribution in [2.45, 2.75) is 13.3 Å². The van der Waals surface area contributed by atoms with Crippen LogP contribution in [0, 0.1) is 11.6 Å². The second kappa shape index (κ2) is 6.39. The van der Waals surface area contributed by atoms with E-state index in [0.717, 1.165) is 6.07 Å². The van der Waals surface area contributed by atoms with Crippen LogP contribution in [0.25, 0.3) is 0 Å². The van der Waals surface area contributed by atoms with Crippen molar-refractivity contribution in [3.63, 3.8) is 0 Å². The average Bonchev–Trinajstić information content (AvgIpc) is 2.31. The molecule has 0 unspecified atom stereocenters. The average molecular weight is 272 g/mol. The summed E-state index contributed by atoms with van der Waals surface area (Å²) in [6.07, 6.45) is -0.208. The van der Waals surface area contributed by atoms with E-state index in [1.807, 2.05) is 0 Å². The molecule has 1 rings (SSSR count). The quantitative estimate of drug-likeness (QED) is 0.829. The molecule has 0 aromatic heterocycles. The number of hydrogen-bond donors (Lipinski definition) is 1. The standard InChI is InChI=1S/C12H14F2N2OS/c1-2-16(7-10(15)18)11(17)6-8-4-3-5-9(13)12(8)14/h3-5H,2,6-7H2,1H3,(H2,15,18). The lowest BCUT2D eigenvalue weighted by Gasteiger charge is -2.20. The smallest absolute Gasteiger partial charge is 0.227 e. The zero-order valence-electron chi connectivity index (χ0n) is 9.95. The number of carbonyl (C=O) groups is 1. The van der Waals surface area contributed by atoms with Crippen molar-refractivity contribution in [3.8, 4) is 0 Å². The lowest BCUT2D eigenvalue weighted by atomic mass is 10.1. The number of halogens is 2. The van der Waals surface area contributed by atoms with Crippen LogP contribution in [-0.2, 0) is 11.2 Å². The topological polar surface area (TPSA) is 46.3 Å². The molecule has 6 heteroatoms. The number of carbonyl (C=O) groups excluding carboxylic acids is 1. The van der Waals surface area contributed by atoms with Crippen molar-refractivity contribution >= 4 is 23.1 Å². The Balaban J connectivity index is 2.80. The third-order valence-electron chi connectivity index (χ3n) is 2.45. The Morgan fingerprint density at radius 2 is 2.11 bits per heavy atom. The van der Waals surface area contributed by atoms with Gasteiger partial charge in [-0.2, -0.15) is 0 Å². The van der Waals surface area contributed by atoms with E-state index in [4.69, 9.17) is 18.0 Å². The number of hydrogen-bond acceptors (Lipinski definition) is 2. The Hall–Kier alpha value is -1.56. The summed E-state index contributed by atoms with van der Waals surface area (Å²) < 4.78 is 26.4. The van der Waals surface area contributed by atoms with Gasteiger partial charge in [-0.15, -0.1) is 0 Å². The summed E-state index contributed by atoms with van der Waals surface area (Å²) in [5.41, 5.74) is 5.39. The van der Waals surface area contributed by atoms with E-state index in [9.17, 15) is 13.6 Å². The molecule has 0 heterocycles. The van der Waals surface area contributed by atoms with Gasteiger partial charge in [0.1, 0.15) is 0 Å². The highest BCUT2D eigenvalue weighted by atomic mass is 32.1. The van der Waals surface area contributed by atoms with Gasteiger partial charge in [-0.05, 0) is 13.0 Å². The van der Waals surface area contributed by atoms with Gasteiger partial charge in [-0.25, -0.2) is 8.78 Å². The molecule has 0 aliphatic rings. The van der Waals surface area contributed by atoms with E-state index in [1.54, 1.807) is 6.92 Å². The van der Waals surface area contributed by atoms with Crippen LogP contribution in [0.15, 0.2) is 18.2 Å². The monoisotopic (exact) mass is 272 g/mol. The summed E-state index contributed by atoms with van der Waals surface area (Å²) in [5.74, 6) is -2.29. The summed E-state index contributed by atoms with van der Waals surface area (Å²) in [6, 6.07) is 3.76. The fourth-order valence-electron chi connectivity index (χ4n) is 1.52. The van der Waals surface area contributed by atoms with E-state index in [-0.39, 0.29) is 29.4 Å². The molecule has 0 atom stereocenters. The Kier molecular flexibility index (Phi) is 5.15. The van der Waals surface area contributed by atoms with E-state index >= 15 is 0 Å². The van der Waals surface area contributed by atoms with Crippen LogP contribution in [0.5, 0.6) is 0 Å². The first kappa shape index (κ1) is 14.5. The lowest BCUT2D eigenvalue weighted by molar-refractivity contribution is -0.129. The second-order valence-electron chi connectivity index (χ2n) is 3.76. The minimum absolute atomic E-state index is 0.0291. The molecular weight excluding hydrogens is 258 g/mol. The molecule has 0 spiro atoms. The predicted molar refractivity (Wildman–Crippen MR) is 69.1 cm³/mol. The molecule has 1 aromatic carbocycles.